The van der Waals surface area contributed by atoms with E-state index in [2.05, 4.69) is 0 Å². The number of phenolic OH excluding ortho intramolecular Hbond substituents is 1. The van der Waals surface area contributed by atoms with E-state index in [9.17, 15) is 5.11 Å². The fraction of sp³-hybridized carbons (Fsp3) is 0.400. The molecule has 0 aliphatic rings. The summed E-state index contributed by atoms with van der Waals surface area (Å²) in [6.07, 6.45) is 0. The van der Waals surface area contributed by atoms with Crippen molar-refractivity contribution in [2.75, 3.05) is 6.61 Å². The minimum atomic E-state index is 0.314. The van der Waals surface area contributed by atoms with Crippen molar-refractivity contribution in [3.8, 4) is 5.75 Å². The molecule has 1 aromatic rings. The Morgan fingerprint density at radius 3 is 2.83 bits per heavy atom. The molecule has 0 saturated carbocycles. The first-order valence-corrected chi connectivity index (χ1v) is 4.10. The van der Waals surface area contributed by atoms with Gasteiger partial charge >= 0.3 is 0 Å². The molecule has 0 aliphatic carbocycles. The van der Waals surface area contributed by atoms with Gasteiger partial charge in [0, 0.05) is 12.2 Å². The molecule has 0 saturated heterocycles. The zero-order valence-corrected chi connectivity index (χ0v) is 7.50. The van der Waals surface area contributed by atoms with Crippen molar-refractivity contribution >= 4 is 0 Å². The van der Waals surface area contributed by atoms with E-state index in [-0.39, 0.29) is 0 Å². The van der Waals surface area contributed by atoms with Gasteiger partial charge in [-0.2, -0.15) is 0 Å². The van der Waals surface area contributed by atoms with Gasteiger partial charge in [0.15, 0.2) is 0 Å². The van der Waals surface area contributed by atoms with E-state index in [1.54, 1.807) is 6.07 Å². The molecule has 0 heterocycles. The highest BCUT2D eigenvalue weighted by atomic mass is 16.5. The monoisotopic (exact) mass is 166 g/mol. The fourth-order valence-corrected chi connectivity index (χ4v) is 1.04. The van der Waals surface area contributed by atoms with Crippen LogP contribution in [0.3, 0.4) is 0 Å². The standard InChI is InChI=1S/C10H14O2/c1-3-12-7-9-6-8(2)4-5-10(9)11/h4-6,11H,3,7H2,1-2H3. The number of aryl methyl sites for hydroxylation is 1. The number of phenols is 1. The van der Waals surface area contributed by atoms with Crippen molar-refractivity contribution < 1.29 is 9.84 Å². The molecule has 0 spiro atoms. The number of hydrogen-bond acceptors (Lipinski definition) is 2. The highest BCUT2D eigenvalue weighted by Crippen LogP contribution is 2.18. The Labute approximate surface area is 72.8 Å². The molecule has 0 amide bonds. The molecule has 2 heteroatoms. The van der Waals surface area contributed by atoms with E-state index in [1.165, 1.54) is 0 Å². The van der Waals surface area contributed by atoms with Gasteiger partial charge in [-0.3, -0.25) is 0 Å². The average Bonchev–Trinajstić information content (AvgIpc) is 2.07. The van der Waals surface area contributed by atoms with Crippen LogP contribution in [-0.4, -0.2) is 11.7 Å². The molecule has 0 bridgehead atoms. The summed E-state index contributed by atoms with van der Waals surface area (Å²) in [6.45, 7) is 5.10. The number of aromatic hydroxyl groups is 1. The van der Waals surface area contributed by atoms with Gasteiger partial charge in [-0.15, -0.1) is 0 Å². The molecule has 12 heavy (non-hydrogen) atoms. The molecular formula is C10H14O2. The maximum absolute atomic E-state index is 9.38. The Hall–Kier alpha value is -1.02. The number of ether oxygens (including phenoxy) is 1. The lowest BCUT2D eigenvalue weighted by atomic mass is 10.1. The van der Waals surface area contributed by atoms with Gasteiger partial charge in [0.05, 0.1) is 6.61 Å². The molecule has 0 atom stereocenters. The van der Waals surface area contributed by atoms with E-state index >= 15 is 0 Å². The van der Waals surface area contributed by atoms with Gasteiger partial charge in [0.25, 0.3) is 0 Å². The smallest absolute Gasteiger partial charge is 0.121 e. The van der Waals surface area contributed by atoms with Gasteiger partial charge < -0.3 is 9.84 Å². The summed E-state index contributed by atoms with van der Waals surface area (Å²) in [6, 6.07) is 5.51. The van der Waals surface area contributed by atoms with Crippen LogP contribution in [0.1, 0.15) is 18.1 Å². The number of hydrogen-bond donors (Lipinski definition) is 1. The molecular weight excluding hydrogens is 152 g/mol. The maximum atomic E-state index is 9.38. The van der Waals surface area contributed by atoms with E-state index in [1.807, 2.05) is 26.0 Å². The maximum Gasteiger partial charge on any atom is 0.121 e. The van der Waals surface area contributed by atoms with Crippen molar-refractivity contribution in [3.63, 3.8) is 0 Å². The Morgan fingerprint density at radius 2 is 2.17 bits per heavy atom. The Bertz CT molecular complexity index is 256. The SMILES string of the molecule is CCOCc1cc(C)ccc1O. The van der Waals surface area contributed by atoms with Crippen molar-refractivity contribution in [2.24, 2.45) is 0 Å². The fourth-order valence-electron chi connectivity index (χ4n) is 1.04. The van der Waals surface area contributed by atoms with Gasteiger partial charge in [-0.05, 0) is 19.9 Å². The van der Waals surface area contributed by atoms with Crippen LogP contribution in [0.4, 0.5) is 0 Å². The third kappa shape index (κ3) is 2.24. The van der Waals surface area contributed by atoms with Gasteiger partial charge in [-0.1, -0.05) is 17.7 Å². The topological polar surface area (TPSA) is 29.5 Å². The number of benzene rings is 1. The van der Waals surface area contributed by atoms with Crippen molar-refractivity contribution in [2.45, 2.75) is 20.5 Å². The van der Waals surface area contributed by atoms with Crippen LogP contribution in [0.5, 0.6) is 5.75 Å². The third-order valence-corrected chi connectivity index (χ3v) is 1.70. The Morgan fingerprint density at radius 1 is 1.42 bits per heavy atom. The van der Waals surface area contributed by atoms with Crippen LogP contribution in [0, 0.1) is 6.92 Å². The summed E-state index contributed by atoms with van der Waals surface area (Å²) >= 11 is 0. The van der Waals surface area contributed by atoms with Crippen molar-refractivity contribution in [1.29, 1.82) is 0 Å². The predicted octanol–water partition coefficient (Wildman–Crippen LogP) is 2.24. The molecule has 0 aliphatic heterocycles. The molecule has 1 N–H and O–H groups in total. The quantitative estimate of drug-likeness (QED) is 0.746. The van der Waals surface area contributed by atoms with Crippen molar-refractivity contribution in [1.82, 2.24) is 0 Å². The van der Waals surface area contributed by atoms with E-state index in [0.29, 0.717) is 19.0 Å². The second kappa shape index (κ2) is 4.12. The molecule has 0 unspecified atom stereocenters. The van der Waals surface area contributed by atoms with Crippen LogP contribution in [0.15, 0.2) is 18.2 Å². The highest BCUT2D eigenvalue weighted by molar-refractivity contribution is 5.34. The summed E-state index contributed by atoms with van der Waals surface area (Å²) < 4.78 is 5.20. The van der Waals surface area contributed by atoms with Crippen LogP contribution < -0.4 is 0 Å². The summed E-state index contributed by atoms with van der Waals surface area (Å²) in [4.78, 5) is 0. The summed E-state index contributed by atoms with van der Waals surface area (Å²) in [5.41, 5.74) is 2.00. The molecule has 2 nitrogen and oxygen atoms in total. The zero-order chi connectivity index (χ0) is 8.97. The van der Waals surface area contributed by atoms with Gasteiger partial charge in [-0.25, -0.2) is 0 Å². The van der Waals surface area contributed by atoms with Gasteiger partial charge in [0.2, 0.25) is 0 Å². The highest BCUT2D eigenvalue weighted by Gasteiger charge is 1.99. The first-order valence-electron chi connectivity index (χ1n) is 4.10. The van der Waals surface area contributed by atoms with Gasteiger partial charge in [0.1, 0.15) is 5.75 Å². The second-order valence-corrected chi connectivity index (χ2v) is 2.77. The van der Waals surface area contributed by atoms with Crippen LogP contribution in [0.2, 0.25) is 0 Å². The predicted molar refractivity (Wildman–Crippen MR) is 48.2 cm³/mol. The molecule has 1 rings (SSSR count). The normalized spacial score (nSPS) is 10.2. The summed E-state index contributed by atoms with van der Waals surface area (Å²) in [5.74, 6) is 0.314. The summed E-state index contributed by atoms with van der Waals surface area (Å²) in [7, 11) is 0. The van der Waals surface area contributed by atoms with E-state index in [4.69, 9.17) is 4.74 Å². The molecule has 0 radical (unpaired) electrons. The largest absolute Gasteiger partial charge is 0.508 e. The Balaban J connectivity index is 2.75. The van der Waals surface area contributed by atoms with Crippen LogP contribution in [0.25, 0.3) is 0 Å². The van der Waals surface area contributed by atoms with Crippen LogP contribution in [-0.2, 0) is 11.3 Å². The van der Waals surface area contributed by atoms with Crippen molar-refractivity contribution in [3.05, 3.63) is 29.3 Å². The first kappa shape index (κ1) is 9.07. The number of rotatable bonds is 3. The minimum absolute atomic E-state index is 0.314. The summed E-state index contributed by atoms with van der Waals surface area (Å²) in [5, 5.41) is 9.38. The van der Waals surface area contributed by atoms with E-state index < -0.39 is 0 Å². The van der Waals surface area contributed by atoms with Crippen LogP contribution >= 0.6 is 0 Å². The second-order valence-electron chi connectivity index (χ2n) is 2.77. The lowest BCUT2D eigenvalue weighted by Gasteiger charge is -2.04. The molecule has 1 aromatic carbocycles. The molecule has 0 fully saturated rings. The molecule has 66 valence electrons. The third-order valence-electron chi connectivity index (χ3n) is 1.70. The molecule has 0 aromatic heterocycles. The zero-order valence-electron chi connectivity index (χ0n) is 7.50. The lowest BCUT2D eigenvalue weighted by molar-refractivity contribution is 0.132. The Kier molecular flexibility index (Phi) is 3.11. The first-order chi connectivity index (χ1) is 5.74. The minimum Gasteiger partial charge on any atom is -0.508 e. The lowest BCUT2D eigenvalue weighted by Crippen LogP contribution is -1.92. The van der Waals surface area contributed by atoms with E-state index in [0.717, 1.165) is 11.1 Å². The average molecular weight is 166 g/mol.